The van der Waals surface area contributed by atoms with E-state index in [1.54, 1.807) is 5.06 Å². The lowest BCUT2D eigenvalue weighted by Gasteiger charge is -2.17. The van der Waals surface area contributed by atoms with Gasteiger partial charge < -0.3 is 0 Å². The van der Waals surface area contributed by atoms with E-state index in [2.05, 4.69) is 36.4 Å². The molecule has 1 aromatic carbocycles. The maximum atomic E-state index is 12.4. The predicted molar refractivity (Wildman–Crippen MR) is 88.3 cm³/mol. The third-order valence-electron chi connectivity index (χ3n) is 3.69. The van der Waals surface area contributed by atoms with Crippen molar-refractivity contribution in [1.29, 1.82) is 0 Å². The van der Waals surface area contributed by atoms with Crippen molar-refractivity contribution in [1.82, 2.24) is 5.06 Å². The van der Waals surface area contributed by atoms with Crippen molar-refractivity contribution in [3.8, 4) is 0 Å². The average Bonchev–Trinajstić information content (AvgIpc) is 2.74. The van der Waals surface area contributed by atoms with E-state index in [1.165, 1.54) is 0 Å². The molecule has 0 unspecified atom stereocenters. The SMILES string of the molecule is CC(C)C[C@@H]1C(=O)N(OCc2ccccc2)C[C@H]1CI. The van der Waals surface area contributed by atoms with Gasteiger partial charge in [0.25, 0.3) is 0 Å². The Labute approximate surface area is 134 Å². The van der Waals surface area contributed by atoms with E-state index in [4.69, 9.17) is 4.84 Å². The van der Waals surface area contributed by atoms with Crippen LogP contribution in [-0.2, 0) is 16.2 Å². The van der Waals surface area contributed by atoms with Crippen LogP contribution in [0.4, 0.5) is 0 Å². The molecule has 110 valence electrons. The molecule has 4 heteroatoms. The number of nitrogens with zero attached hydrogens (tertiary/aromatic N) is 1. The molecule has 20 heavy (non-hydrogen) atoms. The predicted octanol–water partition coefficient (Wildman–Crippen LogP) is 3.67. The lowest BCUT2D eigenvalue weighted by atomic mass is 9.89. The molecule has 1 heterocycles. The Bertz CT molecular complexity index is 435. The molecule has 1 amide bonds. The van der Waals surface area contributed by atoms with Crippen molar-refractivity contribution in [2.45, 2.75) is 26.9 Å². The number of hydrogen-bond acceptors (Lipinski definition) is 2. The highest BCUT2D eigenvalue weighted by molar-refractivity contribution is 14.1. The monoisotopic (exact) mass is 387 g/mol. The van der Waals surface area contributed by atoms with Gasteiger partial charge in [-0.3, -0.25) is 9.63 Å². The molecule has 0 bridgehead atoms. The van der Waals surface area contributed by atoms with Crippen LogP contribution in [0.25, 0.3) is 0 Å². The van der Waals surface area contributed by atoms with E-state index in [1.807, 2.05) is 30.3 Å². The van der Waals surface area contributed by atoms with Crippen LogP contribution in [0.3, 0.4) is 0 Å². The Balaban J connectivity index is 1.94. The van der Waals surface area contributed by atoms with Crippen LogP contribution >= 0.6 is 22.6 Å². The fraction of sp³-hybridized carbons (Fsp3) is 0.562. The fourth-order valence-corrected chi connectivity index (χ4v) is 3.51. The van der Waals surface area contributed by atoms with E-state index in [0.29, 0.717) is 18.4 Å². The molecule has 1 fully saturated rings. The van der Waals surface area contributed by atoms with Crippen LogP contribution in [0.15, 0.2) is 30.3 Å². The summed E-state index contributed by atoms with van der Waals surface area (Å²) >= 11 is 2.38. The van der Waals surface area contributed by atoms with Gasteiger partial charge in [-0.05, 0) is 23.8 Å². The van der Waals surface area contributed by atoms with Crippen molar-refractivity contribution in [2.75, 3.05) is 11.0 Å². The van der Waals surface area contributed by atoms with Gasteiger partial charge in [-0.25, -0.2) is 5.06 Å². The summed E-state index contributed by atoms with van der Waals surface area (Å²) in [6.45, 7) is 5.54. The maximum absolute atomic E-state index is 12.4. The minimum Gasteiger partial charge on any atom is -0.272 e. The highest BCUT2D eigenvalue weighted by Crippen LogP contribution is 2.32. The third kappa shape index (κ3) is 3.95. The zero-order valence-electron chi connectivity index (χ0n) is 12.1. The van der Waals surface area contributed by atoms with Gasteiger partial charge in [0.1, 0.15) is 6.61 Å². The first kappa shape index (κ1) is 15.8. The quantitative estimate of drug-likeness (QED) is 0.551. The van der Waals surface area contributed by atoms with E-state index in [0.717, 1.165) is 23.0 Å². The van der Waals surface area contributed by atoms with Crippen molar-refractivity contribution >= 4 is 28.5 Å². The summed E-state index contributed by atoms with van der Waals surface area (Å²) in [4.78, 5) is 18.2. The second kappa shape index (κ2) is 7.41. The summed E-state index contributed by atoms with van der Waals surface area (Å²) in [7, 11) is 0. The molecule has 0 N–H and O–H groups in total. The summed E-state index contributed by atoms with van der Waals surface area (Å²) in [5.41, 5.74) is 1.10. The van der Waals surface area contributed by atoms with Gasteiger partial charge >= 0.3 is 0 Å². The van der Waals surface area contributed by atoms with Gasteiger partial charge in [0, 0.05) is 10.3 Å². The fourth-order valence-electron chi connectivity index (χ4n) is 2.62. The Morgan fingerprint density at radius 3 is 2.65 bits per heavy atom. The molecule has 1 aliphatic rings. The Hall–Kier alpha value is -0.620. The van der Waals surface area contributed by atoms with Crippen LogP contribution in [0.5, 0.6) is 0 Å². The summed E-state index contributed by atoms with van der Waals surface area (Å²) in [6, 6.07) is 9.98. The molecule has 0 aliphatic carbocycles. The van der Waals surface area contributed by atoms with E-state index in [9.17, 15) is 4.79 Å². The number of hydrogen-bond donors (Lipinski definition) is 0. The summed E-state index contributed by atoms with van der Waals surface area (Å²) < 4.78 is 1.01. The van der Waals surface area contributed by atoms with Crippen molar-refractivity contribution in [3.63, 3.8) is 0 Å². The molecule has 0 spiro atoms. The molecule has 0 saturated carbocycles. The van der Waals surface area contributed by atoms with Gasteiger partial charge in [-0.2, -0.15) is 0 Å². The number of hydroxylamine groups is 2. The van der Waals surface area contributed by atoms with Gasteiger partial charge in [-0.1, -0.05) is 66.8 Å². The molecule has 1 saturated heterocycles. The Morgan fingerprint density at radius 1 is 1.35 bits per heavy atom. The number of carbonyl (C=O) groups excluding carboxylic acids is 1. The highest BCUT2D eigenvalue weighted by atomic mass is 127. The normalized spacial score (nSPS) is 22.8. The van der Waals surface area contributed by atoms with Crippen LogP contribution < -0.4 is 0 Å². The van der Waals surface area contributed by atoms with Gasteiger partial charge in [0.15, 0.2) is 0 Å². The first-order chi connectivity index (χ1) is 9.61. The number of alkyl halides is 1. The minimum atomic E-state index is 0.127. The van der Waals surface area contributed by atoms with Crippen LogP contribution in [0.1, 0.15) is 25.8 Å². The Kier molecular flexibility index (Phi) is 5.84. The number of benzene rings is 1. The highest BCUT2D eigenvalue weighted by Gasteiger charge is 2.40. The average molecular weight is 387 g/mol. The zero-order chi connectivity index (χ0) is 14.5. The van der Waals surface area contributed by atoms with E-state index in [-0.39, 0.29) is 11.8 Å². The summed E-state index contributed by atoms with van der Waals surface area (Å²) in [6.07, 6.45) is 0.956. The number of carbonyl (C=O) groups is 1. The van der Waals surface area contributed by atoms with Crippen molar-refractivity contribution in [2.24, 2.45) is 17.8 Å². The summed E-state index contributed by atoms with van der Waals surface area (Å²) in [5, 5.41) is 1.59. The molecule has 1 aliphatic heterocycles. The molecule has 2 rings (SSSR count). The van der Waals surface area contributed by atoms with Gasteiger partial charge in [0.2, 0.25) is 5.91 Å². The van der Waals surface area contributed by atoms with Gasteiger partial charge in [0.05, 0.1) is 6.54 Å². The first-order valence-electron chi connectivity index (χ1n) is 7.16. The molecule has 3 nitrogen and oxygen atoms in total. The lowest BCUT2D eigenvalue weighted by Crippen LogP contribution is -2.28. The second-order valence-corrected chi connectivity index (χ2v) is 6.69. The first-order valence-corrected chi connectivity index (χ1v) is 8.68. The number of halogens is 1. The smallest absolute Gasteiger partial charge is 0.249 e. The largest absolute Gasteiger partial charge is 0.272 e. The number of amides is 1. The lowest BCUT2D eigenvalue weighted by molar-refractivity contribution is -0.184. The molecular weight excluding hydrogens is 365 g/mol. The van der Waals surface area contributed by atoms with E-state index < -0.39 is 0 Å². The molecule has 2 atom stereocenters. The molecule has 0 radical (unpaired) electrons. The maximum Gasteiger partial charge on any atom is 0.249 e. The van der Waals surface area contributed by atoms with Gasteiger partial charge in [-0.15, -0.1) is 0 Å². The van der Waals surface area contributed by atoms with Crippen LogP contribution in [-0.4, -0.2) is 21.9 Å². The van der Waals surface area contributed by atoms with Crippen LogP contribution in [0, 0.1) is 17.8 Å². The minimum absolute atomic E-state index is 0.127. The Morgan fingerprint density at radius 2 is 2.05 bits per heavy atom. The molecular formula is C16H22INO2. The second-order valence-electron chi connectivity index (χ2n) is 5.81. The van der Waals surface area contributed by atoms with Crippen molar-refractivity contribution in [3.05, 3.63) is 35.9 Å². The van der Waals surface area contributed by atoms with E-state index >= 15 is 0 Å². The number of rotatable bonds is 6. The third-order valence-corrected chi connectivity index (χ3v) is 4.82. The zero-order valence-corrected chi connectivity index (χ0v) is 14.2. The summed E-state index contributed by atoms with van der Waals surface area (Å²) in [5.74, 6) is 1.25. The van der Waals surface area contributed by atoms with Crippen LogP contribution in [0.2, 0.25) is 0 Å². The standard InChI is InChI=1S/C16H22INO2/c1-12(2)8-15-14(9-17)10-18(16(15)19)20-11-13-6-4-3-5-7-13/h3-7,12,14-15H,8-11H2,1-2H3/t14-,15+/m1/s1. The molecule has 0 aromatic heterocycles. The van der Waals surface area contributed by atoms with Crippen molar-refractivity contribution < 1.29 is 9.63 Å². The topological polar surface area (TPSA) is 29.5 Å². The molecule has 1 aromatic rings.